The van der Waals surface area contributed by atoms with Crippen molar-refractivity contribution < 1.29 is 40.0 Å². The summed E-state index contributed by atoms with van der Waals surface area (Å²) in [7, 11) is -4.78. The Morgan fingerprint density at radius 1 is 0.750 bits per heavy atom. The van der Waals surface area contributed by atoms with Crippen LogP contribution in [0.25, 0.3) is 0 Å². The lowest BCUT2D eigenvalue weighted by Crippen LogP contribution is -2.26. The average Bonchev–Trinajstić information content (AvgIpc) is 2.64. The van der Waals surface area contributed by atoms with Crippen LogP contribution in [0, 0.1) is 0 Å². The first-order valence-corrected chi connectivity index (χ1v) is 9.88. The Labute approximate surface area is 157 Å². The molecule has 154 valence electrons. The molecule has 2 unspecified atom stereocenters. The SMILES string of the molecule is CCP(=O)(OC(c1ccccc1)C(F)(F)F)OC(c1ccccc1)C(F)(F)F. The Morgan fingerprint density at radius 3 is 1.32 bits per heavy atom. The van der Waals surface area contributed by atoms with Gasteiger partial charge in [-0.15, -0.1) is 0 Å². The zero-order valence-electron chi connectivity index (χ0n) is 14.6. The van der Waals surface area contributed by atoms with Gasteiger partial charge in [-0.3, -0.25) is 13.6 Å². The van der Waals surface area contributed by atoms with Crippen molar-refractivity contribution in [1.82, 2.24) is 0 Å². The van der Waals surface area contributed by atoms with E-state index < -0.39 is 49.4 Å². The Bertz CT molecular complexity index is 729. The van der Waals surface area contributed by atoms with Gasteiger partial charge in [-0.25, -0.2) is 0 Å². The smallest absolute Gasteiger partial charge is 0.291 e. The topological polar surface area (TPSA) is 35.5 Å². The fourth-order valence-corrected chi connectivity index (χ4v) is 3.84. The molecule has 10 heteroatoms. The molecule has 0 saturated carbocycles. The highest BCUT2D eigenvalue weighted by Crippen LogP contribution is 2.59. The van der Waals surface area contributed by atoms with Crippen molar-refractivity contribution in [3.8, 4) is 0 Å². The molecule has 2 aromatic rings. The number of hydrogen-bond acceptors (Lipinski definition) is 3. The third-order valence-electron chi connectivity index (χ3n) is 3.72. The number of alkyl halides is 6. The summed E-state index contributed by atoms with van der Waals surface area (Å²) in [5, 5.41) is 0. The second-order valence-corrected chi connectivity index (χ2v) is 8.08. The Hall–Kier alpha value is -1.83. The zero-order chi connectivity index (χ0) is 21.0. The standard InChI is InChI=1S/C18H17F6O3P/c1-2-28(25,26-15(17(19,20)21)13-9-5-3-6-10-13)27-16(18(22,23)24)14-11-7-4-8-12-14/h3-12,15-16H,2H2,1H3. The van der Waals surface area contributed by atoms with E-state index >= 15 is 0 Å². The van der Waals surface area contributed by atoms with Gasteiger partial charge in [0.15, 0.2) is 12.2 Å². The third kappa shape index (κ3) is 5.83. The van der Waals surface area contributed by atoms with E-state index in [-0.39, 0.29) is 0 Å². The van der Waals surface area contributed by atoms with E-state index in [9.17, 15) is 30.9 Å². The minimum Gasteiger partial charge on any atom is -0.291 e. The maximum absolute atomic E-state index is 13.4. The van der Waals surface area contributed by atoms with Gasteiger partial charge in [0.05, 0.1) is 0 Å². The summed E-state index contributed by atoms with van der Waals surface area (Å²) in [5.41, 5.74) is -0.786. The molecule has 2 rings (SSSR count). The zero-order valence-corrected chi connectivity index (χ0v) is 15.5. The molecule has 0 bridgehead atoms. The molecule has 0 aliphatic rings. The predicted molar refractivity (Wildman–Crippen MR) is 90.8 cm³/mol. The van der Waals surface area contributed by atoms with Crippen LogP contribution in [0.1, 0.15) is 30.3 Å². The molecule has 0 heterocycles. The molecular weight excluding hydrogens is 409 g/mol. The predicted octanol–water partition coefficient (Wildman–Crippen LogP) is 6.84. The van der Waals surface area contributed by atoms with Crippen LogP contribution in [-0.4, -0.2) is 18.5 Å². The molecule has 0 amide bonds. The molecule has 0 aliphatic carbocycles. The lowest BCUT2D eigenvalue weighted by Gasteiger charge is -2.30. The monoisotopic (exact) mass is 426 g/mol. The van der Waals surface area contributed by atoms with E-state index in [2.05, 4.69) is 0 Å². The van der Waals surface area contributed by atoms with Crippen LogP contribution in [0.4, 0.5) is 26.3 Å². The molecule has 0 aromatic heterocycles. The van der Waals surface area contributed by atoms with Gasteiger partial charge in [0.1, 0.15) is 0 Å². The lowest BCUT2D eigenvalue weighted by atomic mass is 10.1. The highest BCUT2D eigenvalue weighted by atomic mass is 31.2. The second-order valence-electron chi connectivity index (χ2n) is 5.80. The minimum atomic E-state index is -5.00. The summed E-state index contributed by atoms with van der Waals surface area (Å²) < 4.78 is 103. The van der Waals surface area contributed by atoms with Gasteiger partial charge in [-0.05, 0) is 11.1 Å². The van der Waals surface area contributed by atoms with E-state index in [1.54, 1.807) is 0 Å². The van der Waals surface area contributed by atoms with E-state index in [1.807, 2.05) is 0 Å². The van der Waals surface area contributed by atoms with Gasteiger partial charge in [0.2, 0.25) is 0 Å². The highest BCUT2D eigenvalue weighted by Gasteiger charge is 2.50. The fraction of sp³-hybridized carbons (Fsp3) is 0.333. The molecule has 0 spiro atoms. The van der Waals surface area contributed by atoms with Gasteiger partial charge >= 0.3 is 19.9 Å². The van der Waals surface area contributed by atoms with Crippen molar-refractivity contribution in [1.29, 1.82) is 0 Å². The largest absolute Gasteiger partial charge is 0.419 e. The first-order valence-electron chi connectivity index (χ1n) is 8.15. The molecule has 0 saturated heterocycles. The molecule has 3 nitrogen and oxygen atoms in total. The average molecular weight is 426 g/mol. The van der Waals surface area contributed by atoms with E-state index in [0.29, 0.717) is 0 Å². The Kier molecular flexibility index (Phi) is 6.96. The fourth-order valence-electron chi connectivity index (χ4n) is 2.37. The van der Waals surface area contributed by atoms with Crippen molar-refractivity contribution in [2.75, 3.05) is 6.16 Å². The van der Waals surface area contributed by atoms with Crippen molar-refractivity contribution in [2.45, 2.75) is 31.5 Å². The quantitative estimate of drug-likeness (QED) is 0.359. The van der Waals surface area contributed by atoms with Crippen LogP contribution in [0.3, 0.4) is 0 Å². The molecule has 0 aliphatic heterocycles. The summed E-state index contributed by atoms with van der Waals surface area (Å²) >= 11 is 0. The molecule has 2 atom stereocenters. The number of hydrogen-bond donors (Lipinski definition) is 0. The van der Waals surface area contributed by atoms with Gasteiger partial charge in [0.25, 0.3) is 0 Å². The van der Waals surface area contributed by atoms with E-state index in [0.717, 1.165) is 31.2 Å². The molecule has 2 aromatic carbocycles. The maximum Gasteiger partial charge on any atom is 0.419 e. The molecular formula is C18H17F6O3P. The second kappa shape index (κ2) is 8.68. The van der Waals surface area contributed by atoms with Crippen molar-refractivity contribution >= 4 is 7.60 Å². The summed E-state index contributed by atoms with van der Waals surface area (Å²) in [6, 6.07) is 12.5. The van der Waals surface area contributed by atoms with E-state index in [4.69, 9.17) is 9.05 Å². The highest BCUT2D eigenvalue weighted by molar-refractivity contribution is 7.53. The first-order chi connectivity index (χ1) is 13.0. The van der Waals surface area contributed by atoms with E-state index in [1.165, 1.54) is 36.4 Å². The Morgan fingerprint density at radius 2 is 1.07 bits per heavy atom. The summed E-state index contributed by atoms with van der Waals surface area (Å²) in [5.74, 6) is 0. The molecule has 28 heavy (non-hydrogen) atoms. The lowest BCUT2D eigenvalue weighted by molar-refractivity contribution is -0.213. The number of halogens is 6. The van der Waals surface area contributed by atoms with Crippen LogP contribution in [0.15, 0.2) is 60.7 Å². The maximum atomic E-state index is 13.4. The van der Waals surface area contributed by atoms with Gasteiger partial charge in [-0.1, -0.05) is 67.6 Å². The Balaban J connectivity index is 2.38. The van der Waals surface area contributed by atoms with Gasteiger partial charge in [0, 0.05) is 6.16 Å². The summed E-state index contributed by atoms with van der Waals surface area (Å²) in [6.45, 7) is 1.14. The van der Waals surface area contributed by atoms with Crippen LogP contribution in [0.5, 0.6) is 0 Å². The van der Waals surface area contributed by atoms with Crippen molar-refractivity contribution in [3.05, 3.63) is 71.8 Å². The van der Waals surface area contributed by atoms with Crippen LogP contribution in [0.2, 0.25) is 0 Å². The molecule has 0 N–H and O–H groups in total. The first kappa shape index (κ1) is 22.5. The summed E-state index contributed by atoms with van der Waals surface area (Å²) in [4.78, 5) is 0. The summed E-state index contributed by atoms with van der Waals surface area (Å²) in [6.07, 6.45) is -16.1. The van der Waals surface area contributed by atoms with Crippen LogP contribution in [-0.2, 0) is 13.6 Å². The van der Waals surface area contributed by atoms with Crippen molar-refractivity contribution in [3.63, 3.8) is 0 Å². The normalized spacial score (nSPS) is 17.0. The number of benzene rings is 2. The van der Waals surface area contributed by atoms with Crippen LogP contribution < -0.4 is 0 Å². The van der Waals surface area contributed by atoms with Gasteiger partial charge < -0.3 is 0 Å². The molecule has 0 fully saturated rings. The third-order valence-corrected chi connectivity index (χ3v) is 5.56. The minimum absolute atomic E-state index is 0.393. The number of rotatable bonds is 7. The van der Waals surface area contributed by atoms with Crippen molar-refractivity contribution in [2.24, 2.45) is 0 Å². The van der Waals surface area contributed by atoms with Crippen LogP contribution >= 0.6 is 7.60 Å². The van der Waals surface area contributed by atoms with Gasteiger partial charge in [-0.2, -0.15) is 26.3 Å². The molecule has 0 radical (unpaired) electrons.